The van der Waals surface area contributed by atoms with Crippen LogP contribution < -0.4 is 0 Å². The Labute approximate surface area is 85.4 Å². The molecule has 76 valence electrons. The third kappa shape index (κ3) is 2.34. The summed E-state index contributed by atoms with van der Waals surface area (Å²) in [5, 5.41) is 0. The largest absolute Gasteiger partial charge is 0.134 e. The Kier molecular flexibility index (Phi) is 3.57. The van der Waals surface area contributed by atoms with E-state index in [1.165, 1.54) is 19.3 Å². The lowest BCUT2D eigenvalue weighted by atomic mass is 9.69. The molecule has 0 heterocycles. The molecule has 1 heteroatoms. The van der Waals surface area contributed by atoms with Crippen LogP contribution in [-0.2, 0) is 0 Å². The van der Waals surface area contributed by atoms with Crippen LogP contribution in [0.5, 0.6) is 0 Å². The molecule has 0 saturated carbocycles. The summed E-state index contributed by atoms with van der Waals surface area (Å²) in [5.74, 6) is 0.835. The van der Waals surface area contributed by atoms with E-state index in [2.05, 4.69) is 43.0 Å². The predicted octanol–water partition coefficient (Wildman–Crippen LogP) is 4.02. The lowest BCUT2D eigenvalue weighted by molar-refractivity contribution is 0.236. The Bertz CT molecular complexity index is 205. The summed E-state index contributed by atoms with van der Waals surface area (Å²) in [5.41, 5.74) is 2.86. The normalized spacial score (nSPS) is 37.0. The van der Waals surface area contributed by atoms with Crippen LogP contribution in [0.1, 0.15) is 47.0 Å². The Morgan fingerprint density at radius 2 is 2.31 bits per heavy atom. The van der Waals surface area contributed by atoms with Crippen molar-refractivity contribution in [3.05, 3.63) is 11.6 Å². The molecule has 0 radical (unpaired) electrons. The number of allylic oxidation sites excluding steroid dienone is 2. The highest BCUT2D eigenvalue weighted by atomic mass is 31.0. The van der Waals surface area contributed by atoms with E-state index in [9.17, 15) is 0 Å². The maximum absolute atomic E-state index is 2.97. The van der Waals surface area contributed by atoms with Crippen LogP contribution in [-0.4, -0.2) is 5.66 Å². The van der Waals surface area contributed by atoms with Gasteiger partial charge in [-0.15, -0.1) is 9.24 Å². The third-order valence-corrected chi connectivity index (χ3v) is 4.64. The Hall–Kier alpha value is 0.170. The summed E-state index contributed by atoms with van der Waals surface area (Å²) in [6.45, 7) is 9.35. The minimum Gasteiger partial charge on any atom is -0.134 e. The van der Waals surface area contributed by atoms with E-state index in [0.717, 1.165) is 11.6 Å². The first-order valence-electron chi connectivity index (χ1n) is 5.42. The second-order valence-electron chi connectivity index (χ2n) is 4.90. The first-order chi connectivity index (χ1) is 5.99. The summed E-state index contributed by atoms with van der Waals surface area (Å²) in [6.07, 6.45) is 6.39. The van der Waals surface area contributed by atoms with Crippen LogP contribution in [0.15, 0.2) is 11.6 Å². The highest BCUT2D eigenvalue weighted by Gasteiger charge is 2.33. The van der Waals surface area contributed by atoms with Crippen LogP contribution in [0.4, 0.5) is 0 Å². The van der Waals surface area contributed by atoms with Crippen LogP contribution in [0.2, 0.25) is 0 Å². The van der Waals surface area contributed by atoms with Gasteiger partial charge < -0.3 is 0 Å². The number of hydrogen-bond acceptors (Lipinski definition) is 0. The molecule has 0 aromatic rings. The van der Waals surface area contributed by atoms with Crippen molar-refractivity contribution < 1.29 is 0 Å². The van der Waals surface area contributed by atoms with Crippen molar-refractivity contribution in [1.82, 2.24) is 0 Å². The molecule has 0 spiro atoms. The van der Waals surface area contributed by atoms with E-state index in [1.807, 2.05) is 0 Å². The Balaban J connectivity index is 2.77. The van der Waals surface area contributed by atoms with Gasteiger partial charge in [0.05, 0.1) is 0 Å². The van der Waals surface area contributed by atoms with Crippen LogP contribution in [0.3, 0.4) is 0 Å². The van der Waals surface area contributed by atoms with Crippen molar-refractivity contribution >= 4 is 9.24 Å². The van der Waals surface area contributed by atoms with Crippen LogP contribution in [0.25, 0.3) is 0 Å². The fourth-order valence-corrected chi connectivity index (χ4v) is 2.48. The Morgan fingerprint density at radius 3 is 2.77 bits per heavy atom. The van der Waals surface area contributed by atoms with Gasteiger partial charge in [0.15, 0.2) is 0 Å². The second-order valence-corrected chi connectivity index (χ2v) is 5.90. The third-order valence-electron chi connectivity index (χ3n) is 3.84. The zero-order chi connectivity index (χ0) is 10.1. The van der Waals surface area contributed by atoms with Crippen molar-refractivity contribution in [3.8, 4) is 0 Å². The lowest BCUT2D eigenvalue weighted by Crippen LogP contribution is -2.31. The van der Waals surface area contributed by atoms with Gasteiger partial charge in [-0.1, -0.05) is 32.4 Å². The highest BCUT2D eigenvalue weighted by molar-refractivity contribution is 7.17. The molecule has 1 aliphatic rings. The fraction of sp³-hybridized carbons (Fsp3) is 0.833. The smallest absolute Gasteiger partial charge is 0.0203 e. The van der Waals surface area contributed by atoms with Crippen molar-refractivity contribution in [1.29, 1.82) is 0 Å². The topological polar surface area (TPSA) is 0 Å². The number of rotatable bonds is 2. The van der Waals surface area contributed by atoms with Gasteiger partial charge >= 0.3 is 0 Å². The molecule has 13 heavy (non-hydrogen) atoms. The van der Waals surface area contributed by atoms with Gasteiger partial charge in [-0.05, 0) is 43.2 Å². The van der Waals surface area contributed by atoms with E-state index < -0.39 is 0 Å². The van der Waals surface area contributed by atoms with Crippen molar-refractivity contribution in [2.45, 2.75) is 52.6 Å². The molecule has 0 bridgehead atoms. The zero-order valence-electron chi connectivity index (χ0n) is 9.43. The zero-order valence-corrected chi connectivity index (χ0v) is 10.6. The van der Waals surface area contributed by atoms with E-state index in [-0.39, 0.29) is 0 Å². The summed E-state index contributed by atoms with van der Waals surface area (Å²) >= 11 is 0. The van der Waals surface area contributed by atoms with E-state index >= 15 is 0 Å². The summed E-state index contributed by atoms with van der Waals surface area (Å²) < 4.78 is 0. The van der Waals surface area contributed by atoms with Crippen LogP contribution in [0, 0.1) is 11.3 Å². The van der Waals surface area contributed by atoms with Gasteiger partial charge in [0, 0.05) is 0 Å². The molecular formula is C12H23P. The number of hydrogen-bond donors (Lipinski definition) is 0. The first-order valence-corrected chi connectivity index (χ1v) is 6.08. The van der Waals surface area contributed by atoms with Gasteiger partial charge in [0.1, 0.15) is 0 Å². The maximum atomic E-state index is 2.97. The molecule has 0 fully saturated rings. The molecule has 1 rings (SSSR count). The van der Waals surface area contributed by atoms with E-state index in [0.29, 0.717) is 5.41 Å². The maximum Gasteiger partial charge on any atom is -0.0203 e. The van der Waals surface area contributed by atoms with E-state index in [1.54, 1.807) is 5.57 Å². The van der Waals surface area contributed by atoms with Crippen molar-refractivity contribution in [2.24, 2.45) is 11.3 Å². The lowest BCUT2D eigenvalue weighted by Gasteiger charge is -2.40. The van der Waals surface area contributed by atoms with Crippen molar-refractivity contribution in [3.63, 3.8) is 0 Å². The average molecular weight is 198 g/mol. The van der Waals surface area contributed by atoms with Gasteiger partial charge in [0.2, 0.25) is 0 Å². The minimum absolute atomic E-state index is 0.519. The van der Waals surface area contributed by atoms with E-state index in [4.69, 9.17) is 0 Å². The molecule has 1 aliphatic carbocycles. The average Bonchev–Trinajstić information content (AvgIpc) is 2.09. The fourth-order valence-electron chi connectivity index (χ4n) is 2.21. The molecule has 0 aromatic heterocycles. The molecular weight excluding hydrogens is 175 g/mol. The molecule has 0 aliphatic heterocycles. The van der Waals surface area contributed by atoms with Gasteiger partial charge in [-0.3, -0.25) is 0 Å². The molecule has 4 unspecified atom stereocenters. The van der Waals surface area contributed by atoms with Crippen molar-refractivity contribution in [2.75, 3.05) is 0 Å². The van der Waals surface area contributed by atoms with Gasteiger partial charge in [-0.25, -0.2) is 0 Å². The Morgan fingerprint density at radius 1 is 1.69 bits per heavy atom. The van der Waals surface area contributed by atoms with Gasteiger partial charge in [-0.2, -0.15) is 0 Å². The quantitative estimate of drug-likeness (QED) is 0.464. The summed E-state index contributed by atoms with van der Waals surface area (Å²) in [7, 11) is 2.97. The highest BCUT2D eigenvalue weighted by Crippen LogP contribution is 2.44. The first kappa shape index (κ1) is 11.2. The molecule has 0 nitrogen and oxygen atoms in total. The molecule has 0 saturated heterocycles. The molecule has 4 atom stereocenters. The monoisotopic (exact) mass is 198 g/mol. The SMILES string of the molecule is CCC1CC(C)(C(C)P)CC=C1C. The minimum atomic E-state index is 0.519. The molecule has 0 aromatic carbocycles. The molecule has 0 N–H and O–H groups in total. The molecule has 0 amide bonds. The van der Waals surface area contributed by atoms with Gasteiger partial charge in [0.25, 0.3) is 0 Å². The second kappa shape index (κ2) is 4.13. The standard InChI is InChI=1S/C12H23P/c1-5-11-8-12(4,10(3)13)7-6-9(11)2/h6,10-11H,5,7-8,13H2,1-4H3. The summed E-state index contributed by atoms with van der Waals surface area (Å²) in [6, 6.07) is 0. The summed E-state index contributed by atoms with van der Waals surface area (Å²) in [4.78, 5) is 0. The predicted molar refractivity (Wildman–Crippen MR) is 64.1 cm³/mol. The van der Waals surface area contributed by atoms with Crippen LogP contribution >= 0.6 is 9.24 Å².